The Bertz CT molecular complexity index is 793. The Labute approximate surface area is 121 Å². The van der Waals surface area contributed by atoms with Crippen LogP contribution in [0, 0.1) is 18.6 Å². The second-order valence-electron chi connectivity index (χ2n) is 4.25. The highest BCUT2D eigenvalue weighted by atomic mass is 32.1. The zero-order chi connectivity index (χ0) is 15.0. The van der Waals surface area contributed by atoms with Crippen molar-refractivity contribution in [3.05, 3.63) is 47.5 Å². The molecule has 0 aliphatic rings. The summed E-state index contributed by atoms with van der Waals surface area (Å²) < 4.78 is 26.7. The molecule has 8 heteroatoms. The average molecular weight is 306 g/mol. The van der Waals surface area contributed by atoms with Crippen LogP contribution < -0.4 is 5.32 Å². The van der Waals surface area contributed by atoms with E-state index < -0.39 is 17.5 Å². The van der Waals surface area contributed by atoms with Gasteiger partial charge in [-0.1, -0.05) is 11.3 Å². The van der Waals surface area contributed by atoms with E-state index in [1.54, 1.807) is 6.92 Å². The van der Waals surface area contributed by atoms with Gasteiger partial charge in [0, 0.05) is 12.3 Å². The first-order valence-electron chi connectivity index (χ1n) is 5.88. The zero-order valence-electron chi connectivity index (χ0n) is 10.7. The van der Waals surface area contributed by atoms with Crippen LogP contribution >= 0.6 is 11.3 Å². The number of amides is 1. The number of aromatic nitrogens is 3. The smallest absolute Gasteiger partial charge is 0.277 e. The van der Waals surface area contributed by atoms with Crippen LogP contribution in [0.2, 0.25) is 0 Å². The van der Waals surface area contributed by atoms with Crippen molar-refractivity contribution >= 4 is 32.6 Å². The molecule has 3 aromatic rings. The summed E-state index contributed by atoms with van der Waals surface area (Å²) in [7, 11) is 0. The maximum atomic E-state index is 13.1. The van der Waals surface area contributed by atoms with Crippen LogP contribution in [-0.2, 0) is 0 Å². The number of aryl methyl sites for hydroxylation is 1. The standard InChI is InChI=1S/C13H8F2N4OS/c1-6-4-17-10(5-16-6)12(20)19-13-18-9-2-7(14)8(15)3-11(9)21-13/h2-5H,1H3,(H,18,19,20). The van der Waals surface area contributed by atoms with E-state index in [9.17, 15) is 13.6 Å². The molecular weight excluding hydrogens is 298 g/mol. The topological polar surface area (TPSA) is 67.8 Å². The molecule has 5 nitrogen and oxygen atoms in total. The lowest BCUT2D eigenvalue weighted by atomic mass is 10.3. The number of carbonyl (C=O) groups is 1. The first kappa shape index (κ1) is 13.5. The molecule has 106 valence electrons. The van der Waals surface area contributed by atoms with Gasteiger partial charge in [0.1, 0.15) is 5.69 Å². The molecule has 0 aliphatic heterocycles. The fourth-order valence-electron chi connectivity index (χ4n) is 1.65. The summed E-state index contributed by atoms with van der Waals surface area (Å²) in [4.78, 5) is 23.9. The molecule has 1 aromatic carbocycles. The maximum absolute atomic E-state index is 13.1. The van der Waals surface area contributed by atoms with Gasteiger partial charge in [-0.25, -0.2) is 18.7 Å². The molecule has 0 atom stereocenters. The molecule has 2 heterocycles. The van der Waals surface area contributed by atoms with E-state index in [0.717, 1.165) is 23.5 Å². The number of fused-ring (bicyclic) bond motifs is 1. The number of halogens is 2. The van der Waals surface area contributed by atoms with Crippen molar-refractivity contribution in [2.45, 2.75) is 6.92 Å². The number of hydrogen-bond donors (Lipinski definition) is 1. The van der Waals surface area contributed by atoms with Gasteiger partial charge in [0.2, 0.25) is 0 Å². The van der Waals surface area contributed by atoms with Crippen molar-refractivity contribution in [3.63, 3.8) is 0 Å². The van der Waals surface area contributed by atoms with Crippen molar-refractivity contribution in [3.8, 4) is 0 Å². The third-order valence-electron chi connectivity index (χ3n) is 2.66. The minimum absolute atomic E-state index is 0.136. The number of carbonyl (C=O) groups excluding carboxylic acids is 1. The number of nitrogens with one attached hydrogen (secondary N) is 1. The minimum Gasteiger partial charge on any atom is -0.296 e. The van der Waals surface area contributed by atoms with E-state index in [4.69, 9.17) is 0 Å². The molecule has 0 bridgehead atoms. The molecule has 0 spiro atoms. The second-order valence-corrected chi connectivity index (χ2v) is 5.28. The number of anilines is 1. The van der Waals surface area contributed by atoms with Gasteiger partial charge in [-0.3, -0.25) is 15.1 Å². The first-order valence-corrected chi connectivity index (χ1v) is 6.70. The molecule has 0 unspecified atom stereocenters. The monoisotopic (exact) mass is 306 g/mol. The van der Waals surface area contributed by atoms with Crippen molar-refractivity contribution in [1.82, 2.24) is 15.0 Å². The van der Waals surface area contributed by atoms with E-state index in [2.05, 4.69) is 20.3 Å². The molecule has 3 rings (SSSR count). The summed E-state index contributed by atoms with van der Waals surface area (Å²) >= 11 is 1.05. The predicted molar refractivity (Wildman–Crippen MR) is 74.3 cm³/mol. The lowest BCUT2D eigenvalue weighted by Gasteiger charge is -2.00. The Morgan fingerprint density at radius 1 is 1.19 bits per heavy atom. The van der Waals surface area contributed by atoms with Crippen molar-refractivity contribution < 1.29 is 13.6 Å². The lowest BCUT2D eigenvalue weighted by Crippen LogP contribution is -2.13. The number of rotatable bonds is 2. The minimum atomic E-state index is -0.977. The predicted octanol–water partition coefficient (Wildman–Crippen LogP) is 2.93. The largest absolute Gasteiger partial charge is 0.296 e. The maximum Gasteiger partial charge on any atom is 0.277 e. The van der Waals surface area contributed by atoms with Gasteiger partial charge in [-0.05, 0) is 13.0 Å². The Hall–Kier alpha value is -2.48. The van der Waals surface area contributed by atoms with Crippen LogP contribution in [0.1, 0.15) is 16.2 Å². The molecule has 0 saturated heterocycles. The molecule has 0 saturated carbocycles. The summed E-state index contributed by atoms with van der Waals surface area (Å²) in [6.07, 6.45) is 2.81. The van der Waals surface area contributed by atoms with Gasteiger partial charge in [0.25, 0.3) is 5.91 Å². The van der Waals surface area contributed by atoms with Crippen LogP contribution in [0.15, 0.2) is 24.5 Å². The summed E-state index contributed by atoms with van der Waals surface area (Å²) in [6, 6.07) is 2.03. The summed E-state index contributed by atoms with van der Waals surface area (Å²) in [5.41, 5.74) is 1.11. The average Bonchev–Trinajstić information content (AvgIpc) is 2.81. The van der Waals surface area contributed by atoms with Crippen molar-refractivity contribution in [1.29, 1.82) is 0 Å². The Morgan fingerprint density at radius 2 is 1.95 bits per heavy atom. The molecule has 2 aromatic heterocycles. The van der Waals surface area contributed by atoms with Gasteiger partial charge in [0.15, 0.2) is 16.8 Å². The van der Waals surface area contributed by atoms with Gasteiger partial charge >= 0.3 is 0 Å². The van der Waals surface area contributed by atoms with Gasteiger partial charge in [-0.15, -0.1) is 0 Å². The van der Waals surface area contributed by atoms with Gasteiger partial charge < -0.3 is 0 Å². The second kappa shape index (κ2) is 5.13. The van der Waals surface area contributed by atoms with E-state index in [-0.39, 0.29) is 16.3 Å². The highest BCUT2D eigenvalue weighted by molar-refractivity contribution is 7.22. The zero-order valence-corrected chi connectivity index (χ0v) is 11.5. The van der Waals surface area contributed by atoms with Crippen LogP contribution in [0.25, 0.3) is 10.2 Å². The van der Waals surface area contributed by atoms with E-state index in [1.807, 2.05) is 0 Å². The quantitative estimate of drug-likeness (QED) is 0.790. The Balaban J connectivity index is 1.87. The molecule has 0 radical (unpaired) electrons. The Morgan fingerprint density at radius 3 is 2.67 bits per heavy atom. The SMILES string of the molecule is Cc1cnc(C(=O)Nc2nc3cc(F)c(F)cc3s2)cn1. The van der Waals surface area contributed by atoms with Gasteiger partial charge in [-0.2, -0.15) is 0 Å². The molecule has 1 N–H and O–H groups in total. The normalized spacial score (nSPS) is 10.8. The fourth-order valence-corrected chi connectivity index (χ4v) is 2.52. The number of thiazole rings is 1. The highest BCUT2D eigenvalue weighted by Gasteiger charge is 2.13. The number of benzene rings is 1. The van der Waals surface area contributed by atoms with Crippen molar-refractivity contribution in [2.75, 3.05) is 5.32 Å². The van der Waals surface area contributed by atoms with Crippen LogP contribution in [0.3, 0.4) is 0 Å². The molecule has 1 amide bonds. The Kier molecular flexibility index (Phi) is 3.30. The van der Waals surface area contributed by atoms with Crippen molar-refractivity contribution in [2.24, 2.45) is 0 Å². The summed E-state index contributed by atoms with van der Waals surface area (Å²) in [5.74, 6) is -2.41. The third-order valence-corrected chi connectivity index (χ3v) is 3.60. The lowest BCUT2D eigenvalue weighted by molar-refractivity contribution is 0.102. The third kappa shape index (κ3) is 2.70. The molecular formula is C13H8F2N4OS. The number of nitrogens with zero attached hydrogens (tertiary/aromatic N) is 3. The van der Waals surface area contributed by atoms with Crippen LogP contribution in [0.5, 0.6) is 0 Å². The molecule has 0 aliphatic carbocycles. The molecule has 21 heavy (non-hydrogen) atoms. The first-order chi connectivity index (χ1) is 10.0. The van der Waals surface area contributed by atoms with E-state index in [0.29, 0.717) is 10.4 Å². The van der Waals surface area contributed by atoms with E-state index >= 15 is 0 Å². The number of hydrogen-bond acceptors (Lipinski definition) is 5. The highest BCUT2D eigenvalue weighted by Crippen LogP contribution is 2.27. The van der Waals surface area contributed by atoms with E-state index in [1.165, 1.54) is 12.4 Å². The molecule has 0 fully saturated rings. The van der Waals surface area contributed by atoms with Gasteiger partial charge in [0.05, 0.1) is 22.1 Å². The summed E-state index contributed by atoms with van der Waals surface area (Å²) in [6.45, 7) is 1.76. The fraction of sp³-hybridized carbons (Fsp3) is 0.0769. The summed E-state index contributed by atoms with van der Waals surface area (Å²) in [5, 5.41) is 2.77. The van der Waals surface area contributed by atoms with Crippen LogP contribution in [0.4, 0.5) is 13.9 Å². The van der Waals surface area contributed by atoms with Crippen LogP contribution in [-0.4, -0.2) is 20.9 Å².